The van der Waals surface area contributed by atoms with Gasteiger partial charge in [0.15, 0.2) is 11.4 Å². The standard InChI is InChI=1S/C12H18N2O2S/c1-3-10-11(8-15)17-12(13-10)14-6-4-5-9(7-14)16-2/h8-9H,3-7H2,1-2H3. The molecule has 1 aliphatic rings. The number of carbonyl (C=O) groups is 1. The number of aromatic nitrogens is 1. The molecule has 1 saturated heterocycles. The zero-order valence-corrected chi connectivity index (χ0v) is 11.1. The second-order valence-corrected chi connectivity index (χ2v) is 5.23. The highest BCUT2D eigenvalue weighted by molar-refractivity contribution is 7.17. The first-order valence-corrected chi connectivity index (χ1v) is 6.82. The van der Waals surface area contributed by atoms with Crippen molar-refractivity contribution >= 4 is 22.8 Å². The number of anilines is 1. The lowest BCUT2D eigenvalue weighted by Crippen LogP contribution is -2.39. The average molecular weight is 254 g/mol. The number of thiazole rings is 1. The quantitative estimate of drug-likeness (QED) is 0.772. The van der Waals surface area contributed by atoms with Crippen LogP contribution in [0.3, 0.4) is 0 Å². The van der Waals surface area contributed by atoms with Crippen molar-refractivity contribution in [1.82, 2.24) is 4.98 Å². The third-order valence-corrected chi connectivity index (χ3v) is 4.22. The molecule has 1 atom stereocenters. The second kappa shape index (κ2) is 5.60. The van der Waals surface area contributed by atoms with Crippen LogP contribution in [0.5, 0.6) is 0 Å². The van der Waals surface area contributed by atoms with Crippen LogP contribution in [-0.4, -0.2) is 37.6 Å². The molecule has 0 amide bonds. The second-order valence-electron chi connectivity index (χ2n) is 4.22. The van der Waals surface area contributed by atoms with Crippen molar-refractivity contribution in [2.75, 3.05) is 25.1 Å². The smallest absolute Gasteiger partial charge is 0.186 e. The Morgan fingerprint density at radius 1 is 1.65 bits per heavy atom. The molecule has 2 rings (SSSR count). The first-order valence-electron chi connectivity index (χ1n) is 6.01. The minimum absolute atomic E-state index is 0.289. The van der Waals surface area contributed by atoms with Crippen LogP contribution >= 0.6 is 11.3 Å². The molecule has 5 heteroatoms. The number of aldehydes is 1. The Morgan fingerprint density at radius 3 is 3.06 bits per heavy atom. The van der Waals surface area contributed by atoms with Gasteiger partial charge >= 0.3 is 0 Å². The Hall–Kier alpha value is -0.940. The fourth-order valence-electron chi connectivity index (χ4n) is 2.14. The van der Waals surface area contributed by atoms with E-state index in [1.165, 1.54) is 11.3 Å². The SMILES string of the molecule is CCc1nc(N2CCCC(OC)C2)sc1C=O. The minimum Gasteiger partial charge on any atom is -0.380 e. The molecule has 1 aliphatic heterocycles. The summed E-state index contributed by atoms with van der Waals surface area (Å²) in [6, 6.07) is 0. The number of carbonyl (C=O) groups excluding carboxylic acids is 1. The van der Waals surface area contributed by atoms with Crippen molar-refractivity contribution in [3.05, 3.63) is 10.6 Å². The highest BCUT2D eigenvalue weighted by atomic mass is 32.1. The highest BCUT2D eigenvalue weighted by Gasteiger charge is 2.22. The number of ether oxygens (including phenoxy) is 1. The molecule has 94 valence electrons. The first-order chi connectivity index (χ1) is 8.28. The molecule has 0 aliphatic carbocycles. The van der Waals surface area contributed by atoms with Crippen LogP contribution in [0.25, 0.3) is 0 Å². The molecule has 0 spiro atoms. The average Bonchev–Trinajstić information content (AvgIpc) is 2.82. The lowest BCUT2D eigenvalue weighted by atomic mass is 10.1. The number of aryl methyl sites for hydroxylation is 1. The summed E-state index contributed by atoms with van der Waals surface area (Å²) >= 11 is 1.49. The zero-order chi connectivity index (χ0) is 12.3. The van der Waals surface area contributed by atoms with Crippen LogP contribution in [0.1, 0.15) is 35.1 Å². The molecule has 0 bridgehead atoms. The van der Waals surface area contributed by atoms with E-state index in [0.717, 1.165) is 54.3 Å². The third-order valence-electron chi connectivity index (χ3n) is 3.14. The fraction of sp³-hybridized carbons (Fsp3) is 0.667. The molecule has 2 heterocycles. The molecule has 4 nitrogen and oxygen atoms in total. The van der Waals surface area contributed by atoms with E-state index in [1.54, 1.807) is 7.11 Å². The summed E-state index contributed by atoms with van der Waals surface area (Å²) < 4.78 is 5.40. The van der Waals surface area contributed by atoms with Crippen LogP contribution < -0.4 is 4.90 Å². The summed E-state index contributed by atoms with van der Waals surface area (Å²) in [6.45, 7) is 3.92. The fourth-order valence-corrected chi connectivity index (χ4v) is 3.14. The van der Waals surface area contributed by atoms with Crippen LogP contribution in [0.15, 0.2) is 0 Å². The molecular weight excluding hydrogens is 236 g/mol. The lowest BCUT2D eigenvalue weighted by Gasteiger charge is -2.31. The Bertz CT molecular complexity index is 392. The summed E-state index contributed by atoms with van der Waals surface area (Å²) in [5.74, 6) is 0. The summed E-state index contributed by atoms with van der Waals surface area (Å²) in [7, 11) is 1.75. The maximum absolute atomic E-state index is 10.9. The van der Waals surface area contributed by atoms with Gasteiger partial charge in [-0.2, -0.15) is 0 Å². The van der Waals surface area contributed by atoms with Crippen molar-refractivity contribution in [3.8, 4) is 0 Å². The van der Waals surface area contributed by atoms with E-state index >= 15 is 0 Å². The van der Waals surface area contributed by atoms with Gasteiger partial charge in [0.05, 0.1) is 16.7 Å². The Morgan fingerprint density at radius 2 is 2.47 bits per heavy atom. The topological polar surface area (TPSA) is 42.4 Å². The van der Waals surface area contributed by atoms with Gasteiger partial charge in [-0.25, -0.2) is 4.98 Å². The van der Waals surface area contributed by atoms with Gasteiger partial charge in [-0.05, 0) is 19.3 Å². The summed E-state index contributed by atoms with van der Waals surface area (Å²) in [5, 5.41) is 0.964. The van der Waals surface area contributed by atoms with Crippen molar-refractivity contribution in [3.63, 3.8) is 0 Å². The van der Waals surface area contributed by atoms with Gasteiger partial charge in [-0.1, -0.05) is 18.3 Å². The van der Waals surface area contributed by atoms with Crippen LogP contribution in [-0.2, 0) is 11.2 Å². The van der Waals surface area contributed by atoms with E-state index < -0.39 is 0 Å². The van der Waals surface area contributed by atoms with Crippen LogP contribution in [0.4, 0.5) is 5.13 Å². The molecule has 1 aromatic heterocycles. The summed E-state index contributed by atoms with van der Waals surface area (Å²) in [4.78, 5) is 18.5. The third kappa shape index (κ3) is 2.66. The predicted octanol–water partition coefficient (Wildman–Crippen LogP) is 2.13. The molecular formula is C12H18N2O2S. The number of rotatable bonds is 4. The molecule has 17 heavy (non-hydrogen) atoms. The zero-order valence-electron chi connectivity index (χ0n) is 10.3. The van der Waals surface area contributed by atoms with Gasteiger partial charge in [0.25, 0.3) is 0 Å². The van der Waals surface area contributed by atoms with Crippen molar-refractivity contribution in [2.45, 2.75) is 32.3 Å². The molecule has 0 saturated carbocycles. The summed E-state index contributed by atoms with van der Waals surface area (Å²) in [6.07, 6.45) is 4.25. The Labute approximate surface area is 106 Å². The van der Waals surface area contributed by atoms with Crippen molar-refractivity contribution in [1.29, 1.82) is 0 Å². The molecule has 1 fully saturated rings. The van der Waals surface area contributed by atoms with E-state index in [9.17, 15) is 4.79 Å². The first kappa shape index (κ1) is 12.5. The van der Waals surface area contributed by atoms with Gasteiger partial charge in [0, 0.05) is 20.2 Å². The number of piperidine rings is 1. The number of nitrogens with zero attached hydrogens (tertiary/aromatic N) is 2. The number of methoxy groups -OCH3 is 1. The van der Waals surface area contributed by atoms with Gasteiger partial charge in [-0.15, -0.1) is 0 Å². The van der Waals surface area contributed by atoms with Gasteiger partial charge in [0.1, 0.15) is 0 Å². The molecule has 0 N–H and O–H groups in total. The lowest BCUT2D eigenvalue weighted by molar-refractivity contribution is 0.0893. The number of hydrogen-bond acceptors (Lipinski definition) is 5. The molecule has 1 aromatic rings. The number of hydrogen-bond donors (Lipinski definition) is 0. The normalized spacial score (nSPS) is 20.6. The van der Waals surface area contributed by atoms with Crippen molar-refractivity contribution < 1.29 is 9.53 Å². The molecule has 0 aromatic carbocycles. The van der Waals surface area contributed by atoms with E-state index in [4.69, 9.17) is 4.74 Å². The molecule has 1 unspecified atom stereocenters. The maximum atomic E-state index is 10.9. The Kier molecular flexibility index (Phi) is 4.12. The van der Waals surface area contributed by atoms with E-state index in [0.29, 0.717) is 0 Å². The van der Waals surface area contributed by atoms with Gasteiger partial charge in [0.2, 0.25) is 0 Å². The van der Waals surface area contributed by atoms with Crippen LogP contribution in [0, 0.1) is 0 Å². The predicted molar refractivity (Wildman–Crippen MR) is 69.1 cm³/mol. The van der Waals surface area contributed by atoms with E-state index in [2.05, 4.69) is 9.88 Å². The van der Waals surface area contributed by atoms with Crippen molar-refractivity contribution in [2.24, 2.45) is 0 Å². The van der Waals surface area contributed by atoms with Gasteiger partial charge in [-0.3, -0.25) is 4.79 Å². The highest BCUT2D eigenvalue weighted by Crippen LogP contribution is 2.28. The van der Waals surface area contributed by atoms with Crippen LogP contribution in [0.2, 0.25) is 0 Å². The van der Waals surface area contributed by atoms with Gasteiger partial charge < -0.3 is 9.64 Å². The largest absolute Gasteiger partial charge is 0.380 e. The van der Waals surface area contributed by atoms with E-state index in [-0.39, 0.29) is 6.10 Å². The monoisotopic (exact) mass is 254 g/mol. The molecule has 0 radical (unpaired) electrons. The summed E-state index contributed by atoms with van der Waals surface area (Å²) in [5.41, 5.74) is 0.916. The Balaban J connectivity index is 2.15. The maximum Gasteiger partial charge on any atom is 0.186 e. The van der Waals surface area contributed by atoms with E-state index in [1.807, 2.05) is 6.92 Å². The minimum atomic E-state index is 0.289.